The summed E-state index contributed by atoms with van der Waals surface area (Å²) in [6, 6.07) is 1.92. The van der Waals surface area contributed by atoms with Gasteiger partial charge in [0.15, 0.2) is 0 Å². The van der Waals surface area contributed by atoms with Crippen molar-refractivity contribution < 1.29 is 13.2 Å². The first-order chi connectivity index (χ1) is 9.97. The molecule has 2 aliphatic rings. The molecule has 0 spiro atoms. The van der Waals surface area contributed by atoms with E-state index in [9.17, 15) is 13.2 Å². The number of hydrogen-bond acceptors (Lipinski definition) is 4. The lowest BCUT2D eigenvalue weighted by molar-refractivity contribution is -0.130. The zero-order valence-corrected chi connectivity index (χ0v) is 12.8. The van der Waals surface area contributed by atoms with Crippen LogP contribution in [0.5, 0.6) is 0 Å². The van der Waals surface area contributed by atoms with Crippen molar-refractivity contribution in [3.05, 3.63) is 18.0 Å². The van der Waals surface area contributed by atoms with E-state index in [2.05, 4.69) is 9.82 Å². The number of sulfonamides is 1. The van der Waals surface area contributed by atoms with Crippen molar-refractivity contribution in [1.29, 1.82) is 0 Å². The maximum atomic E-state index is 11.8. The Bertz CT molecular complexity index is 636. The molecule has 0 aromatic carbocycles. The van der Waals surface area contributed by atoms with Gasteiger partial charge < -0.3 is 4.90 Å². The second kappa shape index (κ2) is 5.42. The first-order valence-electron chi connectivity index (χ1n) is 7.24. The Morgan fingerprint density at radius 2 is 2.24 bits per heavy atom. The summed E-state index contributed by atoms with van der Waals surface area (Å²) in [5.41, 5.74) is 0.992. The molecule has 1 fully saturated rings. The molecule has 0 saturated heterocycles. The van der Waals surface area contributed by atoms with Crippen molar-refractivity contribution in [1.82, 2.24) is 19.4 Å². The van der Waals surface area contributed by atoms with Gasteiger partial charge in [0.1, 0.15) is 0 Å². The topological polar surface area (TPSA) is 84.3 Å². The standard InChI is InChI=1S/C13H20N4O3S/c1-10(18)16-8-11-4-6-14-17(11)12(9-16)5-7-15-21(19,20)13-2-3-13/h4,6,12-13,15H,2-3,5,7-9H2,1H3. The number of nitrogens with one attached hydrogen (secondary N) is 1. The molecule has 21 heavy (non-hydrogen) atoms. The summed E-state index contributed by atoms with van der Waals surface area (Å²) < 4.78 is 28.2. The van der Waals surface area contributed by atoms with E-state index in [0.717, 1.165) is 18.5 Å². The summed E-state index contributed by atoms with van der Waals surface area (Å²) in [6.45, 7) is 3.09. The van der Waals surface area contributed by atoms with Gasteiger partial charge in [0.2, 0.25) is 15.9 Å². The molecule has 1 atom stereocenters. The highest BCUT2D eigenvalue weighted by Gasteiger charge is 2.35. The Balaban J connectivity index is 1.63. The summed E-state index contributed by atoms with van der Waals surface area (Å²) >= 11 is 0. The molecular formula is C13H20N4O3S. The van der Waals surface area contributed by atoms with Gasteiger partial charge in [-0.15, -0.1) is 0 Å². The van der Waals surface area contributed by atoms with E-state index in [1.165, 1.54) is 0 Å². The number of carbonyl (C=O) groups excluding carboxylic acids is 1. The normalized spacial score (nSPS) is 22.1. The number of rotatable bonds is 5. The van der Waals surface area contributed by atoms with Crippen molar-refractivity contribution in [2.45, 2.75) is 44.0 Å². The van der Waals surface area contributed by atoms with Gasteiger partial charge in [0, 0.05) is 26.2 Å². The fourth-order valence-corrected chi connectivity index (χ4v) is 4.10. The Kier molecular flexibility index (Phi) is 3.75. The molecule has 0 radical (unpaired) electrons. The molecule has 1 N–H and O–H groups in total. The van der Waals surface area contributed by atoms with Crippen LogP contribution in [0.4, 0.5) is 0 Å². The lowest BCUT2D eigenvalue weighted by atomic mass is 10.1. The molecule has 8 heteroatoms. The van der Waals surface area contributed by atoms with Crippen LogP contribution < -0.4 is 4.72 Å². The van der Waals surface area contributed by atoms with E-state index < -0.39 is 10.0 Å². The van der Waals surface area contributed by atoms with Gasteiger partial charge in [-0.05, 0) is 25.3 Å². The van der Waals surface area contributed by atoms with Crippen molar-refractivity contribution in [2.24, 2.45) is 0 Å². The van der Waals surface area contributed by atoms with Crippen LogP contribution in [0.2, 0.25) is 0 Å². The van der Waals surface area contributed by atoms with Gasteiger partial charge in [-0.1, -0.05) is 0 Å². The zero-order valence-electron chi connectivity index (χ0n) is 12.0. The summed E-state index contributed by atoms with van der Waals surface area (Å²) in [5.74, 6) is 0.0333. The van der Waals surface area contributed by atoms with E-state index >= 15 is 0 Å². The predicted molar refractivity (Wildman–Crippen MR) is 76.9 cm³/mol. The molecule has 2 heterocycles. The number of nitrogens with zero attached hydrogens (tertiary/aromatic N) is 3. The number of hydrogen-bond donors (Lipinski definition) is 1. The highest BCUT2D eigenvalue weighted by Crippen LogP contribution is 2.28. The lowest BCUT2D eigenvalue weighted by Crippen LogP contribution is -2.41. The van der Waals surface area contributed by atoms with Crippen LogP contribution in [0.1, 0.15) is 37.9 Å². The average Bonchev–Trinajstić information content (AvgIpc) is 3.18. The second-order valence-corrected chi connectivity index (χ2v) is 7.79. The second-order valence-electron chi connectivity index (χ2n) is 5.75. The van der Waals surface area contributed by atoms with Crippen LogP contribution >= 0.6 is 0 Å². The number of carbonyl (C=O) groups is 1. The quantitative estimate of drug-likeness (QED) is 0.845. The largest absolute Gasteiger partial charge is 0.335 e. The molecule has 1 unspecified atom stereocenters. The number of aromatic nitrogens is 2. The van der Waals surface area contributed by atoms with E-state index in [0.29, 0.717) is 26.1 Å². The van der Waals surface area contributed by atoms with Gasteiger partial charge >= 0.3 is 0 Å². The zero-order chi connectivity index (χ0) is 15.0. The van der Waals surface area contributed by atoms with Crippen LogP contribution in [-0.2, 0) is 21.4 Å². The van der Waals surface area contributed by atoms with Crippen molar-refractivity contribution in [3.8, 4) is 0 Å². The molecule has 0 bridgehead atoms. The predicted octanol–water partition coefficient (Wildman–Crippen LogP) is 0.258. The van der Waals surface area contributed by atoms with Gasteiger partial charge in [0.25, 0.3) is 0 Å². The molecule has 1 aromatic rings. The number of amides is 1. The van der Waals surface area contributed by atoms with E-state index in [1.807, 2.05) is 10.7 Å². The van der Waals surface area contributed by atoms with E-state index in [4.69, 9.17) is 0 Å². The average molecular weight is 312 g/mol. The highest BCUT2D eigenvalue weighted by atomic mass is 32.2. The molecule has 116 valence electrons. The first kappa shape index (κ1) is 14.5. The van der Waals surface area contributed by atoms with E-state index in [-0.39, 0.29) is 17.2 Å². The molecule has 3 rings (SSSR count). The van der Waals surface area contributed by atoms with Gasteiger partial charge in [-0.2, -0.15) is 5.10 Å². The smallest absolute Gasteiger partial charge is 0.219 e. The van der Waals surface area contributed by atoms with Gasteiger partial charge in [-0.25, -0.2) is 13.1 Å². The van der Waals surface area contributed by atoms with Crippen LogP contribution in [0.3, 0.4) is 0 Å². The maximum Gasteiger partial charge on any atom is 0.219 e. The van der Waals surface area contributed by atoms with Crippen LogP contribution in [0.15, 0.2) is 12.3 Å². The summed E-state index contributed by atoms with van der Waals surface area (Å²) in [7, 11) is -3.14. The third-order valence-corrected chi connectivity index (χ3v) is 6.03. The van der Waals surface area contributed by atoms with Crippen LogP contribution in [0.25, 0.3) is 0 Å². The van der Waals surface area contributed by atoms with Crippen LogP contribution in [0, 0.1) is 0 Å². The van der Waals surface area contributed by atoms with Gasteiger partial charge in [0.05, 0.1) is 23.5 Å². The Morgan fingerprint density at radius 1 is 1.48 bits per heavy atom. The number of fused-ring (bicyclic) bond motifs is 1. The minimum absolute atomic E-state index is 0.0227. The Labute approximate surface area is 124 Å². The molecular weight excluding hydrogens is 292 g/mol. The van der Waals surface area contributed by atoms with Crippen molar-refractivity contribution in [3.63, 3.8) is 0 Å². The fourth-order valence-electron chi connectivity index (χ4n) is 2.70. The summed E-state index contributed by atoms with van der Waals surface area (Å²) in [4.78, 5) is 13.4. The summed E-state index contributed by atoms with van der Waals surface area (Å²) in [6.07, 6.45) is 3.88. The Morgan fingerprint density at radius 3 is 2.90 bits per heavy atom. The molecule has 1 aliphatic carbocycles. The SMILES string of the molecule is CC(=O)N1Cc2ccnn2C(CCNS(=O)(=O)C2CC2)C1. The minimum Gasteiger partial charge on any atom is -0.335 e. The van der Waals surface area contributed by atoms with Crippen molar-refractivity contribution >= 4 is 15.9 Å². The Hall–Kier alpha value is -1.41. The summed E-state index contributed by atoms with van der Waals surface area (Å²) in [5, 5.41) is 4.10. The van der Waals surface area contributed by atoms with Crippen molar-refractivity contribution in [2.75, 3.05) is 13.1 Å². The molecule has 1 aromatic heterocycles. The molecule has 1 aliphatic heterocycles. The minimum atomic E-state index is -3.14. The third-order valence-electron chi connectivity index (χ3n) is 4.07. The fraction of sp³-hybridized carbons (Fsp3) is 0.692. The molecule has 1 saturated carbocycles. The third kappa shape index (κ3) is 3.11. The molecule has 7 nitrogen and oxygen atoms in total. The van der Waals surface area contributed by atoms with Gasteiger partial charge in [-0.3, -0.25) is 9.48 Å². The molecule has 1 amide bonds. The highest BCUT2D eigenvalue weighted by molar-refractivity contribution is 7.90. The first-order valence-corrected chi connectivity index (χ1v) is 8.78. The lowest BCUT2D eigenvalue weighted by Gasteiger charge is -2.33. The maximum absolute atomic E-state index is 11.8. The van der Waals surface area contributed by atoms with E-state index in [1.54, 1.807) is 18.0 Å². The van der Waals surface area contributed by atoms with Crippen LogP contribution in [-0.4, -0.2) is 47.3 Å². The monoisotopic (exact) mass is 312 g/mol.